The van der Waals surface area contributed by atoms with E-state index in [-0.39, 0.29) is 11.8 Å². The van der Waals surface area contributed by atoms with E-state index in [0.717, 1.165) is 54.7 Å². The zero-order valence-electron chi connectivity index (χ0n) is 24.5. The van der Waals surface area contributed by atoms with Crippen LogP contribution in [0.2, 0.25) is 0 Å². The van der Waals surface area contributed by atoms with Gasteiger partial charge in [0.25, 0.3) is 5.91 Å². The molecule has 4 aromatic rings. The summed E-state index contributed by atoms with van der Waals surface area (Å²) in [4.78, 5) is 35.2. The molecule has 1 aromatic heterocycles. The number of nitrogens with zero attached hydrogens (tertiary/aromatic N) is 3. The first-order valence-electron chi connectivity index (χ1n) is 14.2. The van der Waals surface area contributed by atoms with E-state index in [0.29, 0.717) is 23.0 Å². The lowest BCUT2D eigenvalue weighted by Crippen LogP contribution is -2.38. The Kier molecular flexibility index (Phi) is 9.70. The van der Waals surface area contributed by atoms with Crippen molar-refractivity contribution in [1.29, 1.82) is 0 Å². The van der Waals surface area contributed by atoms with E-state index in [1.54, 1.807) is 66.9 Å². The number of anilines is 5. The van der Waals surface area contributed by atoms with Gasteiger partial charge in [0.05, 0.1) is 11.9 Å². The molecule has 1 fully saturated rings. The summed E-state index contributed by atoms with van der Waals surface area (Å²) in [6.45, 7) is 1.51. The number of piperidine rings is 1. The summed E-state index contributed by atoms with van der Waals surface area (Å²) in [7, 11) is -3.35. The third-order valence-corrected chi connectivity index (χ3v) is 7.82. The van der Waals surface area contributed by atoms with Crippen LogP contribution in [0.5, 0.6) is 0 Å². The number of carbonyl (C=O) groups excluding carboxylic acids is 2. The van der Waals surface area contributed by atoms with E-state index in [1.165, 1.54) is 11.6 Å². The van der Waals surface area contributed by atoms with Gasteiger partial charge in [-0.15, -0.1) is 0 Å². The van der Waals surface area contributed by atoms with Gasteiger partial charge in [-0.25, -0.2) is 23.9 Å². The molecule has 5 rings (SSSR count). The van der Waals surface area contributed by atoms with Crippen LogP contribution < -0.4 is 25.7 Å². The van der Waals surface area contributed by atoms with E-state index < -0.39 is 15.9 Å². The molecular weight excluding hydrogens is 594 g/mol. The smallest absolute Gasteiger partial charge is 0.267 e. The molecule has 0 radical (unpaired) electrons. The van der Waals surface area contributed by atoms with E-state index in [4.69, 9.17) is 5.21 Å². The summed E-state index contributed by atoms with van der Waals surface area (Å²) in [6.07, 6.45) is 7.01. The Morgan fingerprint density at radius 2 is 1.53 bits per heavy atom. The predicted molar refractivity (Wildman–Crippen MR) is 175 cm³/mol. The second kappa shape index (κ2) is 14.0. The molecule has 1 aliphatic heterocycles. The third kappa shape index (κ3) is 8.87. The summed E-state index contributed by atoms with van der Waals surface area (Å²) >= 11 is 0. The van der Waals surface area contributed by atoms with Crippen LogP contribution in [0.3, 0.4) is 0 Å². The maximum absolute atomic E-state index is 12.9. The van der Waals surface area contributed by atoms with Gasteiger partial charge in [0, 0.05) is 59.6 Å². The first-order chi connectivity index (χ1) is 21.6. The lowest BCUT2D eigenvalue weighted by atomic mass is 9.95. The van der Waals surface area contributed by atoms with E-state index >= 15 is 0 Å². The minimum absolute atomic E-state index is 0.0131. The number of carbonyl (C=O) groups is 2. The highest BCUT2D eigenvalue weighted by Crippen LogP contribution is 2.27. The molecule has 12 nitrogen and oxygen atoms in total. The molecule has 0 spiro atoms. The van der Waals surface area contributed by atoms with Crippen LogP contribution >= 0.6 is 0 Å². The number of benzene rings is 3. The Morgan fingerprint density at radius 3 is 2.18 bits per heavy atom. The van der Waals surface area contributed by atoms with Crippen molar-refractivity contribution in [3.63, 3.8) is 0 Å². The number of hydrogen-bond acceptors (Lipinski definition) is 9. The second-order valence-electron chi connectivity index (χ2n) is 10.6. The third-order valence-electron chi connectivity index (χ3n) is 7.21. The van der Waals surface area contributed by atoms with E-state index in [1.807, 2.05) is 24.3 Å². The van der Waals surface area contributed by atoms with Crippen LogP contribution in [0.1, 0.15) is 18.4 Å². The normalized spacial score (nSPS) is 13.8. The number of hydroxylamine groups is 1. The molecule has 2 heterocycles. The fourth-order valence-electron chi connectivity index (χ4n) is 4.92. The van der Waals surface area contributed by atoms with Gasteiger partial charge < -0.3 is 15.5 Å². The highest BCUT2D eigenvalue weighted by Gasteiger charge is 2.25. The van der Waals surface area contributed by atoms with Crippen molar-refractivity contribution in [1.82, 2.24) is 15.4 Å². The zero-order chi connectivity index (χ0) is 31.8. The fraction of sp³-hybridized carbons (Fsp3) is 0.188. The van der Waals surface area contributed by atoms with Gasteiger partial charge in [-0.1, -0.05) is 24.3 Å². The van der Waals surface area contributed by atoms with Gasteiger partial charge in [-0.05, 0) is 79.1 Å². The first kappa shape index (κ1) is 31.2. The largest absolute Gasteiger partial charge is 0.371 e. The molecule has 5 N–H and O–H groups in total. The van der Waals surface area contributed by atoms with Crippen LogP contribution in [0.15, 0.2) is 91.1 Å². The lowest BCUT2D eigenvalue weighted by Gasteiger charge is -2.33. The van der Waals surface area contributed by atoms with Crippen LogP contribution in [0.25, 0.3) is 17.3 Å². The lowest BCUT2D eigenvalue weighted by molar-refractivity contribution is -0.124. The number of aromatic nitrogens is 2. The SMILES string of the molecule is CS(=O)(=O)Nc1ccc(-c2ccnc(Nc3ccc(N4CCC(C(=O)Nc5ccc(/C=C/C(=O)NO)cc5)CC4)cc3)n2)cc1. The molecule has 232 valence electrons. The minimum Gasteiger partial charge on any atom is -0.371 e. The Bertz CT molecular complexity index is 1770. The van der Waals surface area contributed by atoms with Crippen LogP contribution in [0, 0.1) is 5.92 Å². The van der Waals surface area contributed by atoms with Gasteiger partial charge >= 0.3 is 0 Å². The van der Waals surface area contributed by atoms with Gasteiger partial charge in [-0.2, -0.15) is 0 Å². The molecule has 3 aromatic carbocycles. The Balaban J connectivity index is 1.12. The quantitative estimate of drug-likeness (QED) is 0.0957. The van der Waals surface area contributed by atoms with Crippen molar-refractivity contribution < 1.29 is 23.2 Å². The Morgan fingerprint density at radius 1 is 0.889 bits per heavy atom. The molecule has 0 aliphatic carbocycles. The summed E-state index contributed by atoms with van der Waals surface area (Å²) in [5, 5.41) is 14.8. The summed E-state index contributed by atoms with van der Waals surface area (Å²) in [6, 6.07) is 23.8. The number of sulfonamides is 1. The standard InChI is InChI=1S/C32H33N7O5S/c1-45(43,44)38-27-9-5-23(6-10-27)29-16-19-33-32(36-29)35-26-11-13-28(14-12-26)39-20-17-24(18-21-39)31(41)34-25-7-2-22(3-8-25)4-15-30(40)37-42/h2-16,19,24,38,42H,17-18,20-21H2,1H3,(H,34,41)(H,37,40)(H,33,35,36)/b15-4+. The van der Waals surface area contributed by atoms with Crippen molar-refractivity contribution >= 4 is 56.6 Å². The molecule has 2 amide bonds. The number of rotatable bonds is 10. The molecule has 0 atom stereocenters. The van der Waals surface area contributed by atoms with Gasteiger partial charge in [-0.3, -0.25) is 19.5 Å². The van der Waals surface area contributed by atoms with Crippen molar-refractivity contribution in [2.45, 2.75) is 12.8 Å². The Hall–Kier alpha value is -5.27. The average molecular weight is 628 g/mol. The average Bonchev–Trinajstić information content (AvgIpc) is 3.04. The van der Waals surface area contributed by atoms with Crippen molar-refractivity contribution in [3.05, 3.63) is 96.7 Å². The fourth-order valence-corrected chi connectivity index (χ4v) is 5.48. The van der Waals surface area contributed by atoms with Gasteiger partial charge in [0.1, 0.15) is 0 Å². The maximum atomic E-state index is 12.9. The predicted octanol–water partition coefficient (Wildman–Crippen LogP) is 4.63. The zero-order valence-corrected chi connectivity index (χ0v) is 25.3. The molecule has 13 heteroatoms. The molecule has 1 aliphatic rings. The van der Waals surface area contributed by atoms with Crippen molar-refractivity contribution in [2.75, 3.05) is 39.6 Å². The topological polar surface area (TPSA) is 166 Å². The molecule has 0 unspecified atom stereocenters. The number of hydrogen-bond donors (Lipinski definition) is 5. The van der Waals surface area contributed by atoms with Crippen LogP contribution in [-0.2, 0) is 19.6 Å². The van der Waals surface area contributed by atoms with Gasteiger partial charge in [0.2, 0.25) is 21.9 Å². The molecule has 0 bridgehead atoms. The van der Waals surface area contributed by atoms with E-state index in [9.17, 15) is 18.0 Å². The second-order valence-corrected chi connectivity index (χ2v) is 12.3. The van der Waals surface area contributed by atoms with Gasteiger partial charge in [0.15, 0.2) is 0 Å². The first-order valence-corrected chi connectivity index (χ1v) is 16.1. The molecule has 0 saturated carbocycles. The van der Waals surface area contributed by atoms with Crippen molar-refractivity contribution in [3.8, 4) is 11.3 Å². The molecule has 45 heavy (non-hydrogen) atoms. The van der Waals surface area contributed by atoms with E-state index in [2.05, 4.69) is 30.2 Å². The van der Waals surface area contributed by atoms with Crippen LogP contribution in [0.4, 0.5) is 28.7 Å². The summed E-state index contributed by atoms with van der Waals surface area (Å²) in [5.74, 6) is -0.283. The molecular formula is C32H33N7O5S. The number of amides is 2. The summed E-state index contributed by atoms with van der Waals surface area (Å²) in [5.41, 5.74) is 6.88. The molecule has 1 saturated heterocycles. The van der Waals surface area contributed by atoms with Crippen LogP contribution in [-0.4, -0.2) is 54.8 Å². The number of nitrogens with one attached hydrogen (secondary N) is 4. The van der Waals surface area contributed by atoms with Crippen molar-refractivity contribution in [2.24, 2.45) is 5.92 Å². The minimum atomic E-state index is -3.35. The summed E-state index contributed by atoms with van der Waals surface area (Å²) < 4.78 is 25.3. The highest BCUT2D eigenvalue weighted by molar-refractivity contribution is 7.92. The Labute approximate surface area is 261 Å². The highest BCUT2D eigenvalue weighted by atomic mass is 32.2. The maximum Gasteiger partial charge on any atom is 0.267 e. The monoisotopic (exact) mass is 627 g/mol.